The van der Waals surface area contributed by atoms with Gasteiger partial charge in [-0.15, -0.1) is 0 Å². The van der Waals surface area contributed by atoms with Crippen molar-refractivity contribution in [2.75, 3.05) is 5.33 Å². The second kappa shape index (κ2) is 6.73. The molecule has 23 heavy (non-hydrogen) atoms. The first-order valence-corrected chi connectivity index (χ1v) is 9.88. The largest absolute Gasteiger partial charge is 0.459 e. The predicted molar refractivity (Wildman–Crippen MR) is 92.4 cm³/mol. The van der Waals surface area contributed by atoms with Crippen molar-refractivity contribution in [2.24, 2.45) is 10.8 Å². The molecule has 3 unspecified atom stereocenters. The van der Waals surface area contributed by atoms with E-state index in [0.29, 0.717) is 18.2 Å². The molecule has 0 radical (unpaired) electrons. The van der Waals surface area contributed by atoms with Crippen LogP contribution in [0.3, 0.4) is 0 Å². The lowest BCUT2D eigenvalue weighted by atomic mass is 9.66. The van der Waals surface area contributed by atoms with E-state index in [2.05, 4.69) is 22.9 Å². The zero-order valence-electron chi connectivity index (χ0n) is 14.7. The summed E-state index contributed by atoms with van der Waals surface area (Å²) >= 11 is 3.44. The fourth-order valence-electron chi connectivity index (χ4n) is 3.92. The number of esters is 2. The Morgan fingerprint density at radius 2 is 1.96 bits per heavy atom. The molecule has 0 aromatic rings. The molecule has 132 valence electrons. The highest BCUT2D eigenvalue weighted by Gasteiger charge is 2.76. The van der Waals surface area contributed by atoms with Gasteiger partial charge in [0, 0.05) is 10.7 Å². The summed E-state index contributed by atoms with van der Waals surface area (Å²) in [5.74, 6) is -0.624. The number of hydrogen-bond acceptors (Lipinski definition) is 4. The number of rotatable bonds is 8. The molecule has 0 aromatic heterocycles. The van der Waals surface area contributed by atoms with Gasteiger partial charge in [-0.3, -0.25) is 4.79 Å². The van der Waals surface area contributed by atoms with Crippen LogP contribution in [0.5, 0.6) is 0 Å². The summed E-state index contributed by atoms with van der Waals surface area (Å²) in [5.41, 5.74) is -2.23. The molecule has 4 nitrogen and oxygen atoms in total. The Labute approximate surface area is 147 Å². The summed E-state index contributed by atoms with van der Waals surface area (Å²) in [6.45, 7) is 7.99. The number of unbranched alkanes of at least 4 members (excludes halogenated alkanes) is 3. The van der Waals surface area contributed by atoms with E-state index in [1.807, 2.05) is 20.8 Å². The van der Waals surface area contributed by atoms with Crippen molar-refractivity contribution in [3.63, 3.8) is 0 Å². The monoisotopic (exact) mass is 388 g/mol. The highest BCUT2D eigenvalue weighted by atomic mass is 79.9. The Kier molecular flexibility index (Phi) is 5.49. The van der Waals surface area contributed by atoms with Crippen LogP contribution in [0.25, 0.3) is 0 Å². The standard InChI is InChI=1S/C18H29BrO4/c1-5-6-7-8-9-13(12-19)22-15(21)18-11-10-17(4,14(20)23-18)16(18,2)3/h13H,5-12H2,1-4H3. The number of carbonyl (C=O) groups is 2. The average Bonchev–Trinajstić information content (AvgIpc) is 2.80. The molecular formula is C18H29BrO4. The minimum atomic E-state index is -1.11. The Bertz CT molecular complexity index is 476. The van der Waals surface area contributed by atoms with Gasteiger partial charge in [0.05, 0.1) is 5.41 Å². The molecule has 2 rings (SSSR count). The molecule has 2 fully saturated rings. The van der Waals surface area contributed by atoms with Crippen LogP contribution in [-0.2, 0) is 19.1 Å². The zero-order chi connectivity index (χ0) is 17.3. The minimum Gasteiger partial charge on any atom is -0.459 e. The average molecular weight is 389 g/mol. The second-order valence-electron chi connectivity index (χ2n) is 7.70. The van der Waals surface area contributed by atoms with E-state index in [1.54, 1.807) is 0 Å². The first kappa shape index (κ1) is 18.8. The fraction of sp³-hybridized carbons (Fsp3) is 0.889. The van der Waals surface area contributed by atoms with Crippen LogP contribution in [0.1, 0.15) is 72.6 Å². The van der Waals surface area contributed by atoms with Gasteiger partial charge in [0.15, 0.2) is 0 Å². The first-order chi connectivity index (χ1) is 10.7. The van der Waals surface area contributed by atoms with Crippen LogP contribution in [0, 0.1) is 10.8 Å². The maximum absolute atomic E-state index is 12.9. The summed E-state index contributed by atoms with van der Waals surface area (Å²) in [5, 5.41) is 0.618. The molecule has 2 aliphatic rings. The topological polar surface area (TPSA) is 52.6 Å². The normalized spacial score (nSPS) is 32.7. The molecule has 1 aliphatic carbocycles. The molecule has 1 aliphatic heterocycles. The van der Waals surface area contributed by atoms with Crippen molar-refractivity contribution in [3.8, 4) is 0 Å². The Balaban J connectivity index is 2.04. The number of hydrogen-bond donors (Lipinski definition) is 0. The highest BCUT2D eigenvalue weighted by molar-refractivity contribution is 9.09. The molecule has 0 N–H and O–H groups in total. The third-order valence-electron chi connectivity index (χ3n) is 6.24. The molecule has 1 heterocycles. The van der Waals surface area contributed by atoms with Crippen LogP contribution in [0.15, 0.2) is 0 Å². The summed E-state index contributed by atoms with van der Waals surface area (Å²) in [4.78, 5) is 25.1. The summed E-state index contributed by atoms with van der Waals surface area (Å²) in [7, 11) is 0. The van der Waals surface area contributed by atoms with Crippen molar-refractivity contribution in [3.05, 3.63) is 0 Å². The maximum atomic E-state index is 12.9. The number of fused-ring (bicyclic) bond motifs is 2. The second-order valence-corrected chi connectivity index (χ2v) is 8.35. The number of carbonyl (C=O) groups excluding carboxylic acids is 2. The lowest BCUT2D eigenvalue weighted by Crippen LogP contribution is -2.50. The number of ether oxygens (including phenoxy) is 2. The molecule has 0 aromatic carbocycles. The van der Waals surface area contributed by atoms with Gasteiger partial charge in [0.25, 0.3) is 0 Å². The van der Waals surface area contributed by atoms with E-state index in [-0.39, 0.29) is 18.0 Å². The Hall–Kier alpha value is -0.580. The van der Waals surface area contributed by atoms with Gasteiger partial charge < -0.3 is 9.47 Å². The van der Waals surface area contributed by atoms with Crippen molar-refractivity contribution >= 4 is 27.9 Å². The van der Waals surface area contributed by atoms with E-state index in [4.69, 9.17) is 9.47 Å². The van der Waals surface area contributed by atoms with Gasteiger partial charge in [-0.05, 0) is 32.6 Å². The fourth-order valence-corrected chi connectivity index (χ4v) is 4.37. The molecule has 3 atom stereocenters. The van der Waals surface area contributed by atoms with Gasteiger partial charge in [-0.1, -0.05) is 56.0 Å². The Morgan fingerprint density at radius 1 is 1.26 bits per heavy atom. The molecule has 5 heteroatoms. The molecule has 0 amide bonds. The first-order valence-electron chi connectivity index (χ1n) is 8.75. The van der Waals surface area contributed by atoms with Crippen LogP contribution in [-0.4, -0.2) is 29.0 Å². The molecule has 1 saturated heterocycles. The molecule has 1 saturated carbocycles. The lowest BCUT2D eigenvalue weighted by Gasteiger charge is -2.35. The Morgan fingerprint density at radius 3 is 2.43 bits per heavy atom. The number of halogens is 1. The summed E-state index contributed by atoms with van der Waals surface area (Å²) in [6, 6.07) is 0. The SMILES string of the molecule is CCCCCCC(CBr)OC(=O)C12CCC(C)(C(=O)O1)C2(C)C. The van der Waals surface area contributed by atoms with Gasteiger partial charge in [-0.25, -0.2) is 4.79 Å². The van der Waals surface area contributed by atoms with Crippen molar-refractivity contribution < 1.29 is 19.1 Å². The molecular weight excluding hydrogens is 360 g/mol. The van der Waals surface area contributed by atoms with Crippen LogP contribution < -0.4 is 0 Å². The zero-order valence-corrected chi connectivity index (χ0v) is 16.3. The van der Waals surface area contributed by atoms with E-state index in [9.17, 15) is 9.59 Å². The minimum absolute atomic E-state index is 0.157. The third kappa shape index (κ3) is 2.83. The van der Waals surface area contributed by atoms with Crippen LogP contribution in [0.4, 0.5) is 0 Å². The van der Waals surface area contributed by atoms with E-state index in [1.165, 1.54) is 12.8 Å². The van der Waals surface area contributed by atoms with E-state index in [0.717, 1.165) is 19.3 Å². The van der Waals surface area contributed by atoms with E-state index < -0.39 is 16.4 Å². The third-order valence-corrected chi connectivity index (χ3v) is 6.96. The van der Waals surface area contributed by atoms with Gasteiger partial charge in [-0.2, -0.15) is 0 Å². The van der Waals surface area contributed by atoms with Gasteiger partial charge >= 0.3 is 11.9 Å². The van der Waals surface area contributed by atoms with Gasteiger partial charge in [0.1, 0.15) is 6.10 Å². The predicted octanol–water partition coefficient (Wildman–Crippen LogP) is 4.39. The van der Waals surface area contributed by atoms with Crippen molar-refractivity contribution in [2.45, 2.75) is 84.3 Å². The number of alkyl halides is 1. The summed E-state index contributed by atoms with van der Waals surface area (Å²) < 4.78 is 11.3. The van der Waals surface area contributed by atoms with Crippen LogP contribution >= 0.6 is 15.9 Å². The molecule has 0 spiro atoms. The van der Waals surface area contributed by atoms with Crippen molar-refractivity contribution in [1.29, 1.82) is 0 Å². The van der Waals surface area contributed by atoms with Crippen LogP contribution in [0.2, 0.25) is 0 Å². The highest BCUT2D eigenvalue weighted by Crippen LogP contribution is 2.65. The quantitative estimate of drug-likeness (QED) is 0.351. The smallest absolute Gasteiger partial charge is 0.351 e. The summed E-state index contributed by atoms with van der Waals surface area (Å²) in [6.07, 6.45) is 6.52. The maximum Gasteiger partial charge on any atom is 0.351 e. The molecule has 2 bridgehead atoms. The lowest BCUT2D eigenvalue weighted by molar-refractivity contribution is -0.186. The van der Waals surface area contributed by atoms with E-state index >= 15 is 0 Å². The van der Waals surface area contributed by atoms with Gasteiger partial charge in [0.2, 0.25) is 5.60 Å². The van der Waals surface area contributed by atoms with Crippen molar-refractivity contribution in [1.82, 2.24) is 0 Å².